The van der Waals surface area contributed by atoms with E-state index in [1.165, 1.54) is 34.4 Å². The van der Waals surface area contributed by atoms with Crippen LogP contribution in [0.4, 0.5) is 0 Å². The molecule has 18 heavy (non-hydrogen) atoms. The zero-order valence-corrected chi connectivity index (χ0v) is 10.5. The average molecular weight is 238 g/mol. The monoisotopic (exact) mass is 238 g/mol. The molecule has 0 aromatic heterocycles. The molecule has 2 aromatic carbocycles. The van der Waals surface area contributed by atoms with E-state index in [1.807, 2.05) is 0 Å². The Balaban J connectivity index is 2.12. The highest BCUT2D eigenvalue weighted by Crippen LogP contribution is 2.37. The van der Waals surface area contributed by atoms with Crippen molar-refractivity contribution in [3.8, 4) is 0 Å². The third-order valence-electron chi connectivity index (χ3n) is 3.31. The molecule has 0 saturated heterocycles. The highest BCUT2D eigenvalue weighted by Gasteiger charge is 2.14. The van der Waals surface area contributed by atoms with Crippen molar-refractivity contribution in [3.05, 3.63) is 47.0 Å². The number of carbonyl (C=O) groups excluding carboxylic acids is 1. The summed E-state index contributed by atoms with van der Waals surface area (Å²) in [7, 11) is 0. The third-order valence-corrected chi connectivity index (χ3v) is 3.31. The molecule has 0 bridgehead atoms. The lowest BCUT2D eigenvalue weighted by molar-refractivity contribution is -0.142. The van der Waals surface area contributed by atoms with Gasteiger partial charge < -0.3 is 4.74 Å². The van der Waals surface area contributed by atoms with E-state index in [9.17, 15) is 4.79 Å². The largest absolute Gasteiger partial charge is 0.461 e. The number of rotatable bonds is 2. The fraction of sp³-hybridized carbons (Fsp3) is 0.188. The molecule has 1 aliphatic rings. The van der Waals surface area contributed by atoms with Crippen molar-refractivity contribution < 1.29 is 9.53 Å². The van der Waals surface area contributed by atoms with Crippen molar-refractivity contribution in [2.24, 2.45) is 0 Å². The number of benzene rings is 2. The number of hydrogen-bond acceptors (Lipinski definition) is 2. The Morgan fingerprint density at radius 1 is 1.28 bits per heavy atom. The minimum absolute atomic E-state index is 0.243. The average Bonchev–Trinajstić information content (AvgIpc) is 2.66. The van der Waals surface area contributed by atoms with E-state index >= 15 is 0 Å². The van der Waals surface area contributed by atoms with E-state index in [0.717, 1.165) is 5.56 Å². The van der Waals surface area contributed by atoms with Crippen molar-refractivity contribution in [2.45, 2.75) is 20.5 Å². The number of ether oxygens (including phenoxy) is 1. The zero-order valence-electron chi connectivity index (χ0n) is 10.5. The molecule has 3 rings (SSSR count). The van der Waals surface area contributed by atoms with Gasteiger partial charge in [0.15, 0.2) is 0 Å². The van der Waals surface area contributed by atoms with Crippen LogP contribution in [0.3, 0.4) is 0 Å². The fourth-order valence-corrected chi connectivity index (χ4v) is 2.53. The Labute approximate surface area is 106 Å². The first-order valence-electron chi connectivity index (χ1n) is 6.03. The molecule has 0 spiro atoms. The second kappa shape index (κ2) is 3.98. The summed E-state index contributed by atoms with van der Waals surface area (Å²) in [6.07, 6.45) is 2.20. The predicted molar refractivity (Wildman–Crippen MR) is 73.0 cm³/mol. The van der Waals surface area contributed by atoms with Crippen LogP contribution in [0.2, 0.25) is 0 Å². The Kier molecular flexibility index (Phi) is 2.44. The van der Waals surface area contributed by atoms with Crippen molar-refractivity contribution in [1.82, 2.24) is 0 Å². The molecular formula is C16H14O2. The smallest absolute Gasteiger partial charge is 0.302 e. The highest BCUT2D eigenvalue weighted by molar-refractivity contribution is 6.08. The summed E-state index contributed by atoms with van der Waals surface area (Å²) in [5.41, 5.74) is 4.84. The van der Waals surface area contributed by atoms with Gasteiger partial charge in [-0.2, -0.15) is 0 Å². The lowest BCUT2D eigenvalue weighted by Crippen LogP contribution is -1.99. The van der Waals surface area contributed by atoms with Gasteiger partial charge in [0.2, 0.25) is 0 Å². The first-order valence-corrected chi connectivity index (χ1v) is 6.03. The van der Waals surface area contributed by atoms with Gasteiger partial charge in [-0.15, -0.1) is 0 Å². The van der Waals surface area contributed by atoms with Gasteiger partial charge in [-0.05, 0) is 52.1 Å². The maximum atomic E-state index is 10.9. The van der Waals surface area contributed by atoms with Crippen LogP contribution in [0.5, 0.6) is 0 Å². The molecule has 0 N–H and O–H groups in total. The standard InChI is InChI=1S/C16H14O2/c1-10-6-13-4-3-5-14-7-12(9-18-11(2)17)8-15(10)16(13)14/h3-8H,9H2,1-2H3. The number of hydrogen-bond donors (Lipinski definition) is 0. The Hall–Kier alpha value is -2.09. The third kappa shape index (κ3) is 1.70. The van der Waals surface area contributed by atoms with Crippen LogP contribution in [0, 0.1) is 0 Å². The zero-order chi connectivity index (χ0) is 12.7. The quantitative estimate of drug-likeness (QED) is 0.744. The first kappa shape index (κ1) is 11.0. The van der Waals surface area contributed by atoms with Crippen LogP contribution in [-0.2, 0) is 16.1 Å². The van der Waals surface area contributed by atoms with E-state index in [4.69, 9.17) is 4.74 Å². The molecule has 2 aromatic rings. The van der Waals surface area contributed by atoms with E-state index in [2.05, 4.69) is 43.3 Å². The van der Waals surface area contributed by atoms with Gasteiger partial charge in [-0.1, -0.05) is 24.3 Å². The van der Waals surface area contributed by atoms with E-state index in [1.54, 1.807) is 0 Å². The van der Waals surface area contributed by atoms with Gasteiger partial charge in [-0.25, -0.2) is 0 Å². The van der Waals surface area contributed by atoms with Crippen LogP contribution in [0.15, 0.2) is 30.3 Å². The molecule has 0 aliphatic heterocycles. The molecule has 90 valence electrons. The van der Waals surface area contributed by atoms with Gasteiger partial charge in [0, 0.05) is 6.92 Å². The molecule has 1 aliphatic carbocycles. The lowest BCUT2D eigenvalue weighted by Gasteiger charge is -2.08. The second-order valence-electron chi connectivity index (χ2n) is 4.70. The summed E-state index contributed by atoms with van der Waals surface area (Å²) in [4.78, 5) is 10.9. The van der Waals surface area contributed by atoms with Crippen LogP contribution >= 0.6 is 0 Å². The summed E-state index contributed by atoms with van der Waals surface area (Å²) in [5.74, 6) is -0.243. The Morgan fingerprint density at radius 2 is 2.11 bits per heavy atom. The Bertz CT molecular complexity index is 681. The molecule has 0 atom stereocenters. The number of allylic oxidation sites excluding steroid dienone is 1. The summed E-state index contributed by atoms with van der Waals surface area (Å²) < 4.78 is 5.07. The minimum atomic E-state index is -0.243. The van der Waals surface area contributed by atoms with Crippen LogP contribution in [0.1, 0.15) is 30.5 Å². The molecule has 0 unspecified atom stereocenters. The number of esters is 1. The molecule has 0 saturated carbocycles. The van der Waals surface area contributed by atoms with Gasteiger partial charge in [0.05, 0.1) is 0 Å². The van der Waals surface area contributed by atoms with Crippen molar-refractivity contribution in [1.29, 1.82) is 0 Å². The maximum absolute atomic E-state index is 10.9. The highest BCUT2D eigenvalue weighted by atomic mass is 16.5. The molecular weight excluding hydrogens is 224 g/mol. The maximum Gasteiger partial charge on any atom is 0.302 e. The first-order chi connectivity index (χ1) is 8.65. The number of carbonyl (C=O) groups is 1. The van der Waals surface area contributed by atoms with Crippen molar-refractivity contribution in [3.63, 3.8) is 0 Å². The minimum Gasteiger partial charge on any atom is -0.461 e. The molecule has 0 heterocycles. The predicted octanol–water partition coefficient (Wildman–Crippen LogP) is 3.78. The van der Waals surface area contributed by atoms with Crippen LogP contribution < -0.4 is 0 Å². The van der Waals surface area contributed by atoms with Crippen LogP contribution in [-0.4, -0.2) is 5.97 Å². The fourth-order valence-electron chi connectivity index (χ4n) is 2.53. The SMILES string of the molecule is CC(=O)OCc1cc2c3c(cccc3c1)C=C2C. The van der Waals surface area contributed by atoms with E-state index in [0.29, 0.717) is 6.61 Å². The summed E-state index contributed by atoms with van der Waals surface area (Å²) in [6, 6.07) is 10.5. The van der Waals surface area contributed by atoms with Gasteiger partial charge in [0.1, 0.15) is 6.61 Å². The summed E-state index contributed by atoms with van der Waals surface area (Å²) in [5, 5.41) is 2.52. The molecule has 0 amide bonds. The van der Waals surface area contributed by atoms with E-state index < -0.39 is 0 Å². The summed E-state index contributed by atoms with van der Waals surface area (Å²) in [6.45, 7) is 3.89. The molecule has 2 heteroatoms. The molecule has 2 nitrogen and oxygen atoms in total. The molecule has 0 radical (unpaired) electrons. The summed E-state index contributed by atoms with van der Waals surface area (Å²) >= 11 is 0. The lowest BCUT2D eigenvalue weighted by atomic mass is 9.99. The normalized spacial score (nSPS) is 12.7. The Morgan fingerprint density at radius 3 is 2.89 bits per heavy atom. The van der Waals surface area contributed by atoms with Crippen molar-refractivity contribution >= 4 is 28.4 Å². The van der Waals surface area contributed by atoms with Gasteiger partial charge in [-0.3, -0.25) is 4.79 Å². The van der Waals surface area contributed by atoms with Crippen LogP contribution in [0.25, 0.3) is 22.4 Å². The second-order valence-corrected chi connectivity index (χ2v) is 4.70. The van der Waals surface area contributed by atoms with E-state index in [-0.39, 0.29) is 5.97 Å². The van der Waals surface area contributed by atoms with Gasteiger partial charge in [0.25, 0.3) is 0 Å². The van der Waals surface area contributed by atoms with Gasteiger partial charge >= 0.3 is 5.97 Å². The molecule has 0 fully saturated rings. The van der Waals surface area contributed by atoms with Crippen molar-refractivity contribution in [2.75, 3.05) is 0 Å². The topological polar surface area (TPSA) is 26.3 Å².